The first-order valence-corrected chi connectivity index (χ1v) is 6.77. The number of benzene rings is 1. The predicted molar refractivity (Wildman–Crippen MR) is 80.2 cm³/mol. The summed E-state index contributed by atoms with van der Waals surface area (Å²) in [6.45, 7) is 0.299. The largest absolute Gasteiger partial charge is 0.487 e. The van der Waals surface area contributed by atoms with Crippen molar-refractivity contribution in [2.75, 3.05) is 0 Å². The molecule has 104 valence electrons. The normalized spacial score (nSPS) is 11.4. The standard InChI is InChI=1S/C13H11BrClN3O2/c14-10-4-11(6-17-5-10)20-7-9-2-1-8(3-12(9)15)13(16)18-19/h1-6,19H,7H2,(H2,16,18). The molecule has 1 heterocycles. The highest BCUT2D eigenvalue weighted by atomic mass is 79.9. The van der Waals surface area contributed by atoms with E-state index in [0.717, 1.165) is 10.0 Å². The van der Waals surface area contributed by atoms with Gasteiger partial charge in [-0.2, -0.15) is 0 Å². The second-order valence-electron chi connectivity index (χ2n) is 3.92. The van der Waals surface area contributed by atoms with Crippen molar-refractivity contribution in [3.63, 3.8) is 0 Å². The van der Waals surface area contributed by atoms with Gasteiger partial charge in [0.25, 0.3) is 0 Å². The maximum absolute atomic E-state index is 8.61. The molecule has 0 fully saturated rings. The number of pyridine rings is 1. The van der Waals surface area contributed by atoms with Gasteiger partial charge in [-0.15, -0.1) is 0 Å². The molecule has 0 aliphatic heterocycles. The third kappa shape index (κ3) is 3.61. The van der Waals surface area contributed by atoms with Gasteiger partial charge < -0.3 is 15.7 Å². The monoisotopic (exact) mass is 355 g/mol. The maximum Gasteiger partial charge on any atom is 0.170 e. The van der Waals surface area contributed by atoms with Crippen LogP contribution >= 0.6 is 27.5 Å². The number of rotatable bonds is 4. The molecular formula is C13H11BrClN3O2. The minimum absolute atomic E-state index is 0.00978. The van der Waals surface area contributed by atoms with E-state index in [9.17, 15) is 0 Å². The van der Waals surface area contributed by atoms with Crippen LogP contribution in [0.5, 0.6) is 5.75 Å². The summed E-state index contributed by atoms with van der Waals surface area (Å²) in [5.41, 5.74) is 6.83. The maximum atomic E-state index is 8.61. The molecule has 0 aliphatic rings. The Balaban J connectivity index is 2.11. The molecule has 0 bridgehead atoms. The zero-order valence-electron chi connectivity index (χ0n) is 10.3. The number of nitrogens with two attached hydrogens (primary N) is 1. The van der Waals surface area contributed by atoms with Crippen molar-refractivity contribution in [1.82, 2.24) is 4.98 Å². The molecule has 3 N–H and O–H groups in total. The SMILES string of the molecule is N/C(=N/O)c1ccc(COc2cncc(Br)c2)c(Cl)c1. The van der Waals surface area contributed by atoms with Crippen LogP contribution in [-0.4, -0.2) is 16.0 Å². The van der Waals surface area contributed by atoms with Crippen LogP contribution in [0.1, 0.15) is 11.1 Å². The highest BCUT2D eigenvalue weighted by molar-refractivity contribution is 9.10. The lowest BCUT2D eigenvalue weighted by molar-refractivity contribution is 0.305. The predicted octanol–water partition coefficient (Wildman–Crippen LogP) is 3.17. The van der Waals surface area contributed by atoms with Gasteiger partial charge in [0.05, 0.1) is 6.20 Å². The molecule has 0 spiro atoms. The van der Waals surface area contributed by atoms with Crippen molar-refractivity contribution in [1.29, 1.82) is 0 Å². The fraction of sp³-hybridized carbons (Fsp3) is 0.0769. The Kier molecular flexibility index (Phi) is 4.81. The third-order valence-corrected chi connectivity index (χ3v) is 3.32. The lowest BCUT2D eigenvalue weighted by Gasteiger charge is -2.09. The Morgan fingerprint density at radius 2 is 2.20 bits per heavy atom. The van der Waals surface area contributed by atoms with E-state index in [1.54, 1.807) is 30.6 Å². The van der Waals surface area contributed by atoms with E-state index < -0.39 is 0 Å². The van der Waals surface area contributed by atoms with E-state index in [2.05, 4.69) is 26.1 Å². The smallest absolute Gasteiger partial charge is 0.170 e. The van der Waals surface area contributed by atoms with Crippen LogP contribution in [0.15, 0.2) is 46.3 Å². The summed E-state index contributed by atoms with van der Waals surface area (Å²) >= 11 is 9.45. The summed E-state index contributed by atoms with van der Waals surface area (Å²) in [4.78, 5) is 4.00. The average molecular weight is 357 g/mol. The third-order valence-electron chi connectivity index (χ3n) is 2.53. The van der Waals surface area contributed by atoms with Crippen molar-refractivity contribution in [2.24, 2.45) is 10.9 Å². The average Bonchev–Trinajstić information content (AvgIpc) is 2.45. The van der Waals surface area contributed by atoms with Crippen LogP contribution in [0.4, 0.5) is 0 Å². The lowest BCUT2D eigenvalue weighted by Crippen LogP contribution is -2.13. The van der Waals surface area contributed by atoms with Gasteiger partial charge in [0, 0.05) is 26.8 Å². The van der Waals surface area contributed by atoms with Crippen molar-refractivity contribution < 1.29 is 9.94 Å². The number of nitrogens with zero attached hydrogens (tertiary/aromatic N) is 2. The Labute approximate surface area is 129 Å². The van der Waals surface area contributed by atoms with E-state index in [-0.39, 0.29) is 5.84 Å². The molecule has 0 radical (unpaired) electrons. The first-order chi connectivity index (χ1) is 9.60. The van der Waals surface area contributed by atoms with Crippen LogP contribution in [0.25, 0.3) is 0 Å². The van der Waals surface area contributed by atoms with Crippen LogP contribution < -0.4 is 10.5 Å². The molecule has 2 aromatic rings. The second kappa shape index (κ2) is 6.58. The van der Waals surface area contributed by atoms with Crippen molar-refractivity contribution in [3.8, 4) is 5.75 Å². The molecule has 20 heavy (non-hydrogen) atoms. The van der Waals surface area contributed by atoms with Gasteiger partial charge in [0.1, 0.15) is 12.4 Å². The summed E-state index contributed by atoms with van der Waals surface area (Å²) in [5, 5.41) is 12.0. The van der Waals surface area contributed by atoms with Crippen LogP contribution in [0.2, 0.25) is 5.02 Å². The summed E-state index contributed by atoms with van der Waals surface area (Å²) in [6.07, 6.45) is 3.29. The van der Waals surface area contributed by atoms with E-state index in [1.165, 1.54) is 0 Å². The zero-order valence-corrected chi connectivity index (χ0v) is 12.6. The fourth-order valence-corrected chi connectivity index (χ4v) is 2.09. The van der Waals surface area contributed by atoms with Gasteiger partial charge in [-0.25, -0.2) is 0 Å². The molecule has 0 atom stereocenters. The highest BCUT2D eigenvalue weighted by Gasteiger charge is 2.06. The van der Waals surface area contributed by atoms with Gasteiger partial charge in [-0.3, -0.25) is 4.98 Å². The summed E-state index contributed by atoms with van der Waals surface area (Å²) in [6, 6.07) is 6.90. The summed E-state index contributed by atoms with van der Waals surface area (Å²) in [7, 11) is 0. The summed E-state index contributed by atoms with van der Waals surface area (Å²) < 4.78 is 6.43. The first kappa shape index (κ1) is 14.6. The Hall–Kier alpha value is -1.79. The van der Waals surface area contributed by atoms with Crippen LogP contribution in [0, 0.1) is 0 Å². The quantitative estimate of drug-likeness (QED) is 0.381. The van der Waals surface area contributed by atoms with Gasteiger partial charge in [0.15, 0.2) is 5.84 Å². The van der Waals surface area contributed by atoms with Crippen molar-refractivity contribution >= 4 is 33.4 Å². The molecule has 5 nitrogen and oxygen atoms in total. The zero-order chi connectivity index (χ0) is 14.5. The number of amidine groups is 1. The van der Waals surface area contributed by atoms with Crippen LogP contribution in [-0.2, 0) is 6.61 Å². The van der Waals surface area contributed by atoms with E-state index >= 15 is 0 Å². The molecule has 0 aliphatic carbocycles. The number of hydrogen-bond donors (Lipinski definition) is 2. The number of halogens is 2. The molecule has 0 amide bonds. The molecule has 1 aromatic heterocycles. The molecule has 7 heteroatoms. The van der Waals surface area contributed by atoms with E-state index in [4.69, 9.17) is 27.3 Å². The molecule has 2 rings (SSSR count). The molecule has 0 saturated carbocycles. The Bertz CT molecular complexity index is 649. The van der Waals surface area contributed by atoms with Crippen molar-refractivity contribution in [3.05, 3.63) is 57.3 Å². The minimum atomic E-state index is 0.00978. The van der Waals surface area contributed by atoms with Gasteiger partial charge >= 0.3 is 0 Å². The summed E-state index contributed by atoms with van der Waals surface area (Å²) in [5.74, 6) is 0.645. The lowest BCUT2D eigenvalue weighted by atomic mass is 10.1. The number of aromatic nitrogens is 1. The van der Waals surface area contributed by atoms with Gasteiger partial charge in [-0.1, -0.05) is 28.9 Å². The molecular weight excluding hydrogens is 346 g/mol. The van der Waals surface area contributed by atoms with E-state index in [1.807, 2.05) is 6.07 Å². The van der Waals surface area contributed by atoms with Crippen molar-refractivity contribution in [2.45, 2.75) is 6.61 Å². The molecule has 0 saturated heterocycles. The Morgan fingerprint density at radius 3 is 2.85 bits per heavy atom. The minimum Gasteiger partial charge on any atom is -0.487 e. The first-order valence-electron chi connectivity index (χ1n) is 5.60. The van der Waals surface area contributed by atoms with Gasteiger partial charge in [0.2, 0.25) is 0 Å². The van der Waals surface area contributed by atoms with Gasteiger partial charge in [-0.05, 0) is 28.1 Å². The highest BCUT2D eigenvalue weighted by Crippen LogP contribution is 2.21. The number of ether oxygens (including phenoxy) is 1. The van der Waals surface area contributed by atoms with E-state index in [0.29, 0.717) is 22.9 Å². The topological polar surface area (TPSA) is 80.7 Å². The second-order valence-corrected chi connectivity index (χ2v) is 5.24. The molecule has 1 aromatic carbocycles. The number of hydrogen-bond acceptors (Lipinski definition) is 4. The Morgan fingerprint density at radius 1 is 1.40 bits per heavy atom. The van der Waals surface area contributed by atoms with Crippen LogP contribution in [0.3, 0.4) is 0 Å². The fourth-order valence-electron chi connectivity index (χ4n) is 1.51. The number of oxime groups is 1. The molecule has 0 unspecified atom stereocenters.